The van der Waals surface area contributed by atoms with Gasteiger partial charge in [-0.25, -0.2) is 0 Å². The fourth-order valence-electron chi connectivity index (χ4n) is 3.31. The van der Waals surface area contributed by atoms with Crippen molar-refractivity contribution < 1.29 is 4.52 Å². The first-order chi connectivity index (χ1) is 12.8. The predicted molar refractivity (Wildman–Crippen MR) is 105 cm³/mol. The Hall–Kier alpha value is -3.20. The molecule has 0 bridgehead atoms. The second-order valence-corrected chi connectivity index (χ2v) is 6.61. The molecule has 3 nitrogen and oxygen atoms in total. The molecule has 0 aliphatic rings. The molecule has 0 saturated heterocycles. The molecule has 3 heteroatoms. The summed E-state index contributed by atoms with van der Waals surface area (Å²) in [5.41, 5.74) is 6.40. The van der Waals surface area contributed by atoms with Crippen LogP contribution in [0.3, 0.4) is 0 Å². The minimum atomic E-state index is 0.356. The zero-order valence-corrected chi connectivity index (χ0v) is 14.9. The fraction of sp³-hybridized carbons (Fsp3) is 0.130. The van der Waals surface area contributed by atoms with E-state index in [2.05, 4.69) is 66.7 Å². The lowest BCUT2D eigenvalue weighted by Crippen LogP contribution is -1.97. The van der Waals surface area contributed by atoms with E-state index >= 15 is 0 Å². The molecule has 4 rings (SSSR count). The Morgan fingerprint density at radius 3 is 2.04 bits per heavy atom. The molecule has 0 aliphatic carbocycles. The summed E-state index contributed by atoms with van der Waals surface area (Å²) in [5, 5.41) is 8.26. The van der Waals surface area contributed by atoms with Gasteiger partial charge < -0.3 is 4.52 Å². The van der Waals surface area contributed by atoms with Crippen LogP contribution in [-0.2, 0) is 0 Å². The quantitative estimate of drug-likeness (QED) is 0.444. The lowest BCUT2D eigenvalue weighted by Gasteiger charge is -2.16. The number of rotatable bonds is 4. The van der Waals surface area contributed by atoms with Gasteiger partial charge in [-0.15, -0.1) is 5.10 Å². The van der Waals surface area contributed by atoms with E-state index in [1.807, 2.05) is 36.4 Å². The van der Waals surface area contributed by atoms with Gasteiger partial charge in [-0.1, -0.05) is 92.7 Å². The lowest BCUT2D eigenvalue weighted by molar-refractivity contribution is 0.403. The zero-order valence-electron chi connectivity index (χ0n) is 14.9. The van der Waals surface area contributed by atoms with Crippen molar-refractivity contribution in [3.8, 4) is 33.7 Å². The third kappa shape index (κ3) is 2.92. The average Bonchev–Trinajstić information content (AvgIpc) is 3.18. The zero-order chi connectivity index (χ0) is 17.9. The molecule has 0 unspecified atom stereocenters. The van der Waals surface area contributed by atoms with Gasteiger partial charge >= 0.3 is 0 Å². The molecule has 26 heavy (non-hydrogen) atoms. The number of hydrogen-bond donors (Lipinski definition) is 0. The van der Waals surface area contributed by atoms with Crippen LogP contribution < -0.4 is 0 Å². The standard InChI is InChI=1S/C23H20N2O/c1-16(2)19-14-9-15-20(17-10-5-3-6-11-17)21(19)22-23(26-25-24-22)18-12-7-4-8-13-18/h3-16H,1-2H3. The van der Waals surface area contributed by atoms with E-state index in [1.165, 1.54) is 5.56 Å². The average molecular weight is 340 g/mol. The van der Waals surface area contributed by atoms with Crippen molar-refractivity contribution in [1.29, 1.82) is 0 Å². The maximum absolute atomic E-state index is 5.57. The van der Waals surface area contributed by atoms with Crippen LogP contribution in [0.15, 0.2) is 83.4 Å². The van der Waals surface area contributed by atoms with Crippen molar-refractivity contribution in [2.75, 3.05) is 0 Å². The van der Waals surface area contributed by atoms with Crippen LogP contribution in [0.2, 0.25) is 0 Å². The third-order valence-electron chi connectivity index (χ3n) is 4.56. The summed E-state index contributed by atoms with van der Waals surface area (Å²) >= 11 is 0. The fourth-order valence-corrected chi connectivity index (χ4v) is 3.31. The van der Waals surface area contributed by atoms with E-state index in [1.54, 1.807) is 0 Å². The summed E-state index contributed by atoms with van der Waals surface area (Å²) in [5.74, 6) is 1.06. The maximum Gasteiger partial charge on any atom is 0.195 e. The molecule has 3 aromatic carbocycles. The Bertz CT molecular complexity index is 1000. The molecule has 0 saturated carbocycles. The van der Waals surface area contributed by atoms with Crippen molar-refractivity contribution in [3.05, 3.63) is 84.4 Å². The highest BCUT2D eigenvalue weighted by atomic mass is 16.5. The van der Waals surface area contributed by atoms with Gasteiger partial charge in [0.25, 0.3) is 0 Å². The van der Waals surface area contributed by atoms with Crippen molar-refractivity contribution >= 4 is 0 Å². The van der Waals surface area contributed by atoms with Gasteiger partial charge in [0.15, 0.2) is 5.76 Å². The van der Waals surface area contributed by atoms with Gasteiger partial charge in [0.1, 0.15) is 5.69 Å². The first-order valence-electron chi connectivity index (χ1n) is 8.82. The monoisotopic (exact) mass is 340 g/mol. The molecule has 0 spiro atoms. The summed E-state index contributed by atoms with van der Waals surface area (Å²) in [6.45, 7) is 4.40. The highest BCUT2D eigenvalue weighted by Gasteiger charge is 2.22. The molecule has 0 radical (unpaired) electrons. The van der Waals surface area contributed by atoms with Crippen molar-refractivity contribution in [3.63, 3.8) is 0 Å². The van der Waals surface area contributed by atoms with Crippen LogP contribution in [-0.4, -0.2) is 10.4 Å². The molecule has 0 atom stereocenters. The van der Waals surface area contributed by atoms with Gasteiger partial charge in [-0.2, -0.15) is 0 Å². The number of aromatic nitrogens is 2. The van der Waals surface area contributed by atoms with E-state index < -0.39 is 0 Å². The molecule has 0 fully saturated rings. The van der Waals surface area contributed by atoms with Gasteiger partial charge in [-0.3, -0.25) is 0 Å². The molecule has 1 aromatic heterocycles. The number of nitrogens with zero attached hydrogens (tertiary/aromatic N) is 2. The minimum Gasteiger partial charge on any atom is -0.336 e. The van der Waals surface area contributed by atoms with Crippen LogP contribution in [0.25, 0.3) is 33.7 Å². The van der Waals surface area contributed by atoms with Crippen molar-refractivity contribution in [2.45, 2.75) is 19.8 Å². The molecule has 128 valence electrons. The lowest BCUT2D eigenvalue weighted by atomic mass is 9.87. The summed E-state index contributed by atoms with van der Waals surface area (Å²) in [6, 6.07) is 26.8. The van der Waals surface area contributed by atoms with E-state index in [4.69, 9.17) is 4.52 Å². The summed E-state index contributed by atoms with van der Waals surface area (Å²) in [4.78, 5) is 0. The third-order valence-corrected chi connectivity index (χ3v) is 4.56. The highest BCUT2D eigenvalue weighted by Crippen LogP contribution is 2.41. The van der Waals surface area contributed by atoms with E-state index in [-0.39, 0.29) is 0 Å². The molecule has 4 aromatic rings. The molecular formula is C23H20N2O. The van der Waals surface area contributed by atoms with Crippen LogP contribution >= 0.6 is 0 Å². The van der Waals surface area contributed by atoms with Gasteiger partial charge in [0, 0.05) is 16.4 Å². The Morgan fingerprint density at radius 1 is 0.731 bits per heavy atom. The summed E-state index contributed by atoms with van der Waals surface area (Å²) < 4.78 is 5.57. The second kappa shape index (κ2) is 6.96. The topological polar surface area (TPSA) is 38.9 Å². The minimum absolute atomic E-state index is 0.356. The first-order valence-corrected chi connectivity index (χ1v) is 8.82. The highest BCUT2D eigenvalue weighted by molar-refractivity contribution is 5.89. The van der Waals surface area contributed by atoms with Crippen LogP contribution in [0.4, 0.5) is 0 Å². The first kappa shape index (κ1) is 16.3. The van der Waals surface area contributed by atoms with Crippen molar-refractivity contribution in [2.24, 2.45) is 0 Å². The van der Waals surface area contributed by atoms with E-state index in [0.29, 0.717) is 11.7 Å². The largest absolute Gasteiger partial charge is 0.336 e. The van der Waals surface area contributed by atoms with Crippen LogP contribution in [0.1, 0.15) is 25.3 Å². The Kier molecular flexibility index (Phi) is 4.36. The number of hydrogen-bond acceptors (Lipinski definition) is 3. The molecular weight excluding hydrogens is 320 g/mol. The van der Waals surface area contributed by atoms with E-state index in [0.717, 1.165) is 27.9 Å². The normalized spacial score (nSPS) is 11.0. The molecule has 0 amide bonds. The molecule has 1 heterocycles. The smallest absolute Gasteiger partial charge is 0.195 e. The number of benzene rings is 3. The molecule has 0 N–H and O–H groups in total. The summed E-state index contributed by atoms with van der Waals surface area (Å²) in [6.07, 6.45) is 0. The van der Waals surface area contributed by atoms with Crippen LogP contribution in [0.5, 0.6) is 0 Å². The maximum atomic E-state index is 5.57. The van der Waals surface area contributed by atoms with Gasteiger partial charge in [0.05, 0.1) is 0 Å². The SMILES string of the molecule is CC(C)c1cccc(-c2ccccc2)c1-c1nnoc1-c1ccccc1. The molecule has 0 aliphatic heterocycles. The van der Waals surface area contributed by atoms with Crippen LogP contribution in [0, 0.1) is 0 Å². The Balaban J connectivity index is 1.99. The van der Waals surface area contributed by atoms with Crippen molar-refractivity contribution in [1.82, 2.24) is 10.4 Å². The van der Waals surface area contributed by atoms with E-state index in [9.17, 15) is 0 Å². The van der Waals surface area contributed by atoms with Gasteiger partial charge in [0.2, 0.25) is 0 Å². The Morgan fingerprint density at radius 2 is 1.38 bits per heavy atom. The second-order valence-electron chi connectivity index (χ2n) is 6.61. The Labute approximate surface area is 153 Å². The summed E-state index contributed by atoms with van der Waals surface area (Å²) in [7, 11) is 0. The van der Waals surface area contributed by atoms with Gasteiger partial charge in [-0.05, 0) is 22.6 Å². The predicted octanol–water partition coefficient (Wildman–Crippen LogP) is 6.19.